The Kier molecular flexibility index (Phi) is 4.80. The van der Waals surface area contributed by atoms with Gasteiger partial charge in [-0.3, -0.25) is 9.59 Å². The van der Waals surface area contributed by atoms with Crippen LogP contribution in [-0.2, 0) is 5.75 Å². The molecule has 0 bridgehead atoms. The summed E-state index contributed by atoms with van der Waals surface area (Å²) in [6.07, 6.45) is 0. The van der Waals surface area contributed by atoms with Gasteiger partial charge >= 0.3 is 0 Å². The molecule has 0 saturated carbocycles. The first kappa shape index (κ1) is 20.7. The van der Waals surface area contributed by atoms with Gasteiger partial charge in [-0.25, -0.2) is 14.0 Å². The summed E-state index contributed by atoms with van der Waals surface area (Å²) in [5.74, 6) is 0.574. The third-order valence-electron chi connectivity index (χ3n) is 5.49. The average molecular weight is 503 g/mol. The molecule has 6 rings (SSSR count). The van der Waals surface area contributed by atoms with Crippen molar-refractivity contribution in [2.75, 3.05) is 5.73 Å². The zero-order chi connectivity index (χ0) is 23.4. The topological polar surface area (TPSA) is 122 Å². The molecule has 3 N–H and O–H groups in total. The lowest BCUT2D eigenvalue weighted by atomic mass is 10.2. The molecule has 0 spiro atoms. The lowest BCUT2D eigenvalue weighted by molar-refractivity contribution is 0.827. The number of nitrogens with one attached hydrogen (secondary N) is 1. The van der Waals surface area contributed by atoms with Crippen molar-refractivity contribution in [2.45, 2.75) is 10.9 Å². The van der Waals surface area contributed by atoms with E-state index >= 15 is 0 Å². The van der Waals surface area contributed by atoms with E-state index in [9.17, 15) is 14.9 Å². The van der Waals surface area contributed by atoms with Crippen LogP contribution >= 0.6 is 34.4 Å². The van der Waals surface area contributed by atoms with Gasteiger partial charge in [0.15, 0.2) is 10.9 Å². The molecule has 0 aliphatic carbocycles. The van der Waals surface area contributed by atoms with Crippen LogP contribution in [0.15, 0.2) is 68.0 Å². The number of hydrogen-bond acceptors (Lipinski definition) is 8. The Labute approximate surface area is 203 Å². The molecule has 0 atom stereocenters. The van der Waals surface area contributed by atoms with Crippen molar-refractivity contribution >= 4 is 66.2 Å². The van der Waals surface area contributed by atoms with Crippen LogP contribution in [0.2, 0.25) is 0 Å². The number of thiophene rings is 2. The molecule has 34 heavy (non-hydrogen) atoms. The second-order valence-corrected chi connectivity index (χ2v) is 10.2. The van der Waals surface area contributed by atoms with Crippen LogP contribution in [0.5, 0.6) is 0 Å². The second kappa shape index (κ2) is 7.88. The highest BCUT2D eigenvalue weighted by molar-refractivity contribution is 7.98. The monoisotopic (exact) mass is 502 g/mol. The van der Waals surface area contributed by atoms with Gasteiger partial charge in [-0.15, -0.1) is 22.7 Å². The van der Waals surface area contributed by atoms with E-state index in [1.54, 1.807) is 17.5 Å². The molecule has 5 aromatic heterocycles. The number of fused-ring (bicyclic) bond motifs is 3. The number of hydrogen-bond donors (Lipinski definition) is 2. The van der Waals surface area contributed by atoms with Gasteiger partial charge in [0, 0.05) is 5.75 Å². The van der Waals surface area contributed by atoms with Crippen LogP contribution in [0.25, 0.3) is 31.8 Å². The highest BCUT2D eigenvalue weighted by Gasteiger charge is 2.26. The summed E-state index contributed by atoms with van der Waals surface area (Å²) in [7, 11) is 0. The number of thioether (sulfide) groups is 1. The molecule has 1 aromatic carbocycles. The Morgan fingerprint density at radius 2 is 1.82 bits per heavy atom. The first-order valence-corrected chi connectivity index (χ1v) is 12.8. The van der Waals surface area contributed by atoms with Gasteiger partial charge in [-0.2, -0.15) is 5.26 Å². The van der Waals surface area contributed by atoms with Crippen molar-refractivity contribution in [3.63, 3.8) is 0 Å². The Balaban J connectivity index is 1.69. The highest BCUT2D eigenvalue weighted by Crippen LogP contribution is 2.33. The number of H-pyrrole nitrogens is 1. The Hall–Kier alpha value is -3.85. The minimum absolute atomic E-state index is 0.0151. The number of benzene rings is 1. The molecule has 0 aliphatic heterocycles. The predicted molar refractivity (Wildman–Crippen MR) is 137 cm³/mol. The second-order valence-electron chi connectivity index (χ2n) is 7.44. The highest BCUT2D eigenvalue weighted by atomic mass is 32.2. The van der Waals surface area contributed by atoms with Crippen molar-refractivity contribution in [3.05, 3.63) is 85.2 Å². The van der Waals surface area contributed by atoms with E-state index in [0.29, 0.717) is 31.3 Å². The van der Waals surface area contributed by atoms with E-state index in [0.717, 1.165) is 5.56 Å². The lowest BCUT2D eigenvalue weighted by Gasteiger charge is -2.12. The van der Waals surface area contributed by atoms with Crippen molar-refractivity contribution in [3.8, 4) is 11.8 Å². The summed E-state index contributed by atoms with van der Waals surface area (Å²) in [6.45, 7) is 0. The van der Waals surface area contributed by atoms with Crippen molar-refractivity contribution < 1.29 is 0 Å². The van der Waals surface area contributed by atoms with Crippen LogP contribution in [-0.4, -0.2) is 18.9 Å². The van der Waals surface area contributed by atoms with Crippen molar-refractivity contribution in [1.82, 2.24) is 18.9 Å². The maximum atomic E-state index is 13.7. The summed E-state index contributed by atoms with van der Waals surface area (Å²) >= 11 is 3.95. The van der Waals surface area contributed by atoms with Gasteiger partial charge in [0.25, 0.3) is 11.1 Å². The average Bonchev–Trinajstić information content (AvgIpc) is 3.57. The molecule has 0 amide bonds. The van der Waals surface area contributed by atoms with Crippen LogP contribution in [0.1, 0.15) is 11.3 Å². The molecule has 0 saturated heterocycles. The molecule has 0 aliphatic rings. The molecule has 6 aromatic rings. The SMILES string of the molecule is N#Cc1c(N)c(-n2c(SCc3ccccc3)nc3ccsc3c2=O)c2[nH]c3ccsc3c(=O)n12. The number of nitrogens with zero attached hydrogens (tertiary/aromatic N) is 4. The molecule has 0 radical (unpaired) electrons. The third kappa shape index (κ3) is 3.00. The Bertz CT molecular complexity index is 1890. The molecular weight excluding hydrogens is 488 g/mol. The number of rotatable bonds is 4. The van der Waals surface area contributed by atoms with Crippen molar-refractivity contribution in [2.24, 2.45) is 0 Å². The van der Waals surface area contributed by atoms with Crippen LogP contribution in [0.3, 0.4) is 0 Å². The number of nitrogens with two attached hydrogens (primary N) is 1. The van der Waals surface area contributed by atoms with Gasteiger partial charge in [0.05, 0.1) is 16.7 Å². The van der Waals surface area contributed by atoms with Gasteiger partial charge in [0.1, 0.15) is 26.8 Å². The smallest absolute Gasteiger partial charge is 0.276 e. The largest absolute Gasteiger partial charge is 0.395 e. The zero-order valence-corrected chi connectivity index (χ0v) is 19.8. The zero-order valence-electron chi connectivity index (χ0n) is 17.3. The van der Waals surface area contributed by atoms with E-state index in [-0.39, 0.29) is 33.8 Å². The number of aromatic amines is 1. The first-order chi connectivity index (χ1) is 16.6. The van der Waals surface area contributed by atoms with E-state index in [1.807, 2.05) is 41.8 Å². The minimum atomic E-state index is -0.357. The number of aromatic nitrogens is 4. The van der Waals surface area contributed by atoms with E-state index in [1.165, 1.54) is 43.4 Å². The molecule has 11 heteroatoms. The Morgan fingerprint density at radius 3 is 2.62 bits per heavy atom. The summed E-state index contributed by atoms with van der Waals surface area (Å²) in [4.78, 5) is 34.9. The quantitative estimate of drug-likeness (QED) is 0.273. The third-order valence-corrected chi connectivity index (χ3v) is 8.29. The summed E-state index contributed by atoms with van der Waals surface area (Å²) in [5, 5.41) is 13.9. The molecule has 0 fully saturated rings. The van der Waals surface area contributed by atoms with Gasteiger partial charge < -0.3 is 10.7 Å². The molecule has 0 unspecified atom stereocenters. The maximum Gasteiger partial charge on any atom is 0.276 e. The summed E-state index contributed by atoms with van der Waals surface area (Å²) in [5.41, 5.74) is 8.63. The fraction of sp³-hybridized carbons (Fsp3) is 0.0435. The van der Waals surface area contributed by atoms with Crippen LogP contribution in [0.4, 0.5) is 5.69 Å². The van der Waals surface area contributed by atoms with Crippen LogP contribution < -0.4 is 16.9 Å². The number of nitriles is 1. The maximum absolute atomic E-state index is 13.7. The van der Waals surface area contributed by atoms with E-state index in [2.05, 4.69) is 4.98 Å². The van der Waals surface area contributed by atoms with Crippen LogP contribution in [0, 0.1) is 11.3 Å². The van der Waals surface area contributed by atoms with Gasteiger partial charge in [-0.1, -0.05) is 42.1 Å². The van der Waals surface area contributed by atoms with E-state index in [4.69, 9.17) is 10.7 Å². The molecule has 5 heterocycles. The normalized spacial score (nSPS) is 11.5. The molecular formula is C23H14N6O2S3. The van der Waals surface area contributed by atoms with Gasteiger partial charge in [0.2, 0.25) is 0 Å². The minimum Gasteiger partial charge on any atom is -0.395 e. The first-order valence-electron chi connectivity index (χ1n) is 10.1. The standard InChI is InChI=1S/C23H14N6O2S3/c24-10-15-16(25)17(20-26-13-6-8-32-18(13)21(30)28(15)20)29-22(31)19-14(7-9-33-19)27-23(29)34-11-12-4-2-1-3-5-12/h1-9,26H,11,25H2. The number of nitrogen functional groups attached to an aromatic ring is 1. The fourth-order valence-electron chi connectivity index (χ4n) is 3.94. The number of anilines is 1. The fourth-order valence-corrected chi connectivity index (χ4v) is 6.44. The molecule has 8 nitrogen and oxygen atoms in total. The lowest BCUT2D eigenvalue weighted by Crippen LogP contribution is -2.22. The van der Waals surface area contributed by atoms with Crippen molar-refractivity contribution in [1.29, 1.82) is 5.26 Å². The van der Waals surface area contributed by atoms with E-state index < -0.39 is 0 Å². The molecule has 166 valence electrons. The summed E-state index contributed by atoms with van der Waals surface area (Å²) in [6, 6.07) is 15.5. The summed E-state index contributed by atoms with van der Waals surface area (Å²) < 4.78 is 3.62. The van der Waals surface area contributed by atoms with Gasteiger partial charge in [-0.05, 0) is 28.5 Å². The predicted octanol–water partition coefficient (Wildman–Crippen LogP) is 4.35. The Morgan fingerprint density at radius 1 is 1.06 bits per heavy atom.